The van der Waals surface area contributed by atoms with Crippen LogP contribution < -0.4 is 4.90 Å². The van der Waals surface area contributed by atoms with Crippen LogP contribution in [-0.4, -0.2) is 39.4 Å². The van der Waals surface area contributed by atoms with Crippen LogP contribution in [0.25, 0.3) is 0 Å². The fourth-order valence-corrected chi connectivity index (χ4v) is 2.65. The molecule has 2 rings (SSSR count). The van der Waals surface area contributed by atoms with Gasteiger partial charge in [-0.05, 0) is 0 Å². The number of hydrogen-bond donors (Lipinski definition) is 1. The second-order valence-corrected chi connectivity index (χ2v) is 4.98. The molecule has 0 saturated carbocycles. The number of carboxylic acids is 1. The first kappa shape index (κ1) is 11.1. The molecule has 1 amide bonds. The zero-order valence-electron chi connectivity index (χ0n) is 7.87. The molecule has 0 atom stereocenters. The Hall–Kier alpha value is -1.41. The summed E-state index contributed by atoms with van der Waals surface area (Å²) in [5.41, 5.74) is 0. The minimum Gasteiger partial charge on any atom is -0.477 e. The Labute approximate surface area is 98.3 Å². The molecule has 84 valence electrons. The summed E-state index contributed by atoms with van der Waals surface area (Å²) in [6.07, 6.45) is 1.18. The minimum atomic E-state index is -1.09. The predicted octanol–water partition coefficient (Wildman–Crippen LogP) is 0.448. The van der Waals surface area contributed by atoms with Gasteiger partial charge in [0.05, 0.1) is 6.20 Å². The number of amides is 1. The molecule has 0 bridgehead atoms. The van der Waals surface area contributed by atoms with E-state index in [1.165, 1.54) is 11.1 Å². The van der Waals surface area contributed by atoms with Crippen molar-refractivity contribution in [1.29, 1.82) is 0 Å². The fraction of sp³-hybridized carbons (Fsp3) is 0.250. The first-order valence-electron chi connectivity index (χ1n) is 4.27. The maximum absolute atomic E-state index is 11.5. The Bertz CT molecular complexity index is 470. The Morgan fingerprint density at radius 3 is 2.88 bits per heavy atom. The van der Waals surface area contributed by atoms with Crippen molar-refractivity contribution in [2.75, 3.05) is 17.2 Å². The molecule has 0 unspecified atom stereocenters. The van der Waals surface area contributed by atoms with Crippen molar-refractivity contribution in [2.24, 2.45) is 0 Å². The second-order valence-electron chi connectivity index (χ2n) is 2.90. The van der Waals surface area contributed by atoms with Gasteiger partial charge in [-0.15, -0.1) is 0 Å². The second kappa shape index (κ2) is 4.22. The Kier molecular flexibility index (Phi) is 2.92. The third-order valence-corrected chi connectivity index (χ3v) is 3.73. The number of aromatic nitrogens is 1. The summed E-state index contributed by atoms with van der Waals surface area (Å²) < 4.78 is 0. The average molecular weight is 258 g/mol. The van der Waals surface area contributed by atoms with Gasteiger partial charge in [0, 0.05) is 12.3 Å². The molecule has 1 aromatic heterocycles. The molecule has 1 N–H and O–H groups in total. The molecular weight excluding hydrogens is 252 g/mol. The number of carbonyl (C=O) groups excluding carboxylic acids is 2. The van der Waals surface area contributed by atoms with E-state index >= 15 is 0 Å². The van der Waals surface area contributed by atoms with Crippen LogP contribution in [0.1, 0.15) is 9.67 Å². The van der Waals surface area contributed by atoms with Crippen molar-refractivity contribution < 1.29 is 19.5 Å². The van der Waals surface area contributed by atoms with Gasteiger partial charge in [-0.2, -0.15) is 0 Å². The summed E-state index contributed by atoms with van der Waals surface area (Å²) in [5, 5.41) is 8.44. The van der Waals surface area contributed by atoms with Gasteiger partial charge in [0.1, 0.15) is 4.88 Å². The molecule has 6 nitrogen and oxygen atoms in total. The zero-order chi connectivity index (χ0) is 11.7. The number of hydrogen-bond acceptors (Lipinski definition) is 6. The maximum atomic E-state index is 11.5. The topological polar surface area (TPSA) is 87.6 Å². The molecule has 0 spiro atoms. The predicted molar refractivity (Wildman–Crippen MR) is 58.9 cm³/mol. The molecule has 2 heterocycles. The number of rotatable bonds is 2. The van der Waals surface area contributed by atoms with E-state index < -0.39 is 17.0 Å². The third kappa shape index (κ3) is 1.93. The lowest BCUT2D eigenvalue weighted by Crippen LogP contribution is -2.41. The lowest BCUT2D eigenvalue weighted by Gasteiger charge is -2.22. The normalized spacial score (nSPS) is 16.6. The van der Waals surface area contributed by atoms with Crippen molar-refractivity contribution in [2.45, 2.75) is 0 Å². The summed E-state index contributed by atoms with van der Waals surface area (Å²) in [5.74, 6) is -1.22. The molecular formula is C8H6N2O4S2. The van der Waals surface area contributed by atoms with Crippen molar-refractivity contribution in [3.8, 4) is 0 Å². The summed E-state index contributed by atoms with van der Waals surface area (Å²) in [4.78, 5) is 38.4. The standard InChI is InChI=1S/C8H6N2O4S2/c11-5-7(14)15-2-1-10(5)8-9-3-4(16-8)6(12)13/h3H,1-2H2,(H,12,13). The number of aromatic carboxylic acids is 1. The minimum absolute atomic E-state index is 0.0495. The van der Waals surface area contributed by atoms with Gasteiger partial charge in [-0.3, -0.25) is 14.5 Å². The quantitative estimate of drug-likeness (QED) is 0.775. The number of nitrogens with zero attached hydrogens (tertiary/aromatic N) is 2. The van der Waals surface area contributed by atoms with E-state index in [0.717, 1.165) is 23.1 Å². The monoisotopic (exact) mass is 258 g/mol. The van der Waals surface area contributed by atoms with Gasteiger partial charge in [-0.1, -0.05) is 23.1 Å². The molecule has 0 radical (unpaired) electrons. The summed E-state index contributed by atoms with van der Waals surface area (Å²) in [7, 11) is 0. The van der Waals surface area contributed by atoms with Gasteiger partial charge < -0.3 is 5.11 Å². The van der Waals surface area contributed by atoms with Crippen molar-refractivity contribution in [3.05, 3.63) is 11.1 Å². The first-order valence-corrected chi connectivity index (χ1v) is 6.07. The summed E-state index contributed by atoms with van der Waals surface area (Å²) in [6, 6.07) is 0. The van der Waals surface area contributed by atoms with Crippen LogP contribution in [0.2, 0.25) is 0 Å². The van der Waals surface area contributed by atoms with E-state index in [9.17, 15) is 14.4 Å². The highest BCUT2D eigenvalue weighted by Gasteiger charge is 2.30. The van der Waals surface area contributed by atoms with E-state index in [1.54, 1.807) is 0 Å². The first-order chi connectivity index (χ1) is 7.59. The number of thioether (sulfide) groups is 1. The van der Waals surface area contributed by atoms with Crippen LogP contribution in [0.5, 0.6) is 0 Å². The van der Waals surface area contributed by atoms with Crippen LogP contribution in [0.3, 0.4) is 0 Å². The molecule has 0 aliphatic carbocycles. The lowest BCUT2D eigenvalue weighted by atomic mass is 10.5. The van der Waals surface area contributed by atoms with Gasteiger partial charge in [0.15, 0.2) is 5.13 Å². The van der Waals surface area contributed by atoms with Crippen LogP contribution in [0.4, 0.5) is 5.13 Å². The molecule has 1 aliphatic rings. The van der Waals surface area contributed by atoms with Crippen LogP contribution in [-0.2, 0) is 9.59 Å². The summed E-state index contributed by atoms with van der Waals surface area (Å²) >= 11 is 1.85. The van der Waals surface area contributed by atoms with Crippen molar-refractivity contribution >= 4 is 45.2 Å². The Morgan fingerprint density at radius 2 is 2.25 bits per heavy atom. The highest BCUT2D eigenvalue weighted by Crippen LogP contribution is 2.26. The number of thiazole rings is 1. The molecule has 1 saturated heterocycles. The molecule has 1 fully saturated rings. The molecule has 8 heteroatoms. The Morgan fingerprint density at radius 1 is 1.50 bits per heavy atom. The molecule has 1 aromatic rings. The third-order valence-electron chi connectivity index (χ3n) is 1.90. The van der Waals surface area contributed by atoms with E-state index in [2.05, 4.69) is 4.98 Å². The average Bonchev–Trinajstić information content (AvgIpc) is 2.71. The zero-order valence-corrected chi connectivity index (χ0v) is 9.51. The largest absolute Gasteiger partial charge is 0.477 e. The summed E-state index contributed by atoms with van der Waals surface area (Å²) in [6.45, 7) is 0.377. The molecule has 0 aromatic carbocycles. The fourth-order valence-electron chi connectivity index (χ4n) is 1.17. The number of carbonyl (C=O) groups is 3. The lowest BCUT2D eigenvalue weighted by molar-refractivity contribution is -0.131. The molecule has 1 aliphatic heterocycles. The molecule has 16 heavy (non-hydrogen) atoms. The van der Waals surface area contributed by atoms with Gasteiger partial charge >= 0.3 is 11.9 Å². The van der Waals surface area contributed by atoms with E-state index in [4.69, 9.17) is 5.11 Å². The smallest absolute Gasteiger partial charge is 0.347 e. The van der Waals surface area contributed by atoms with Gasteiger partial charge in [-0.25, -0.2) is 9.78 Å². The van der Waals surface area contributed by atoms with Crippen LogP contribution in [0.15, 0.2) is 6.20 Å². The Balaban J connectivity index is 2.26. The number of anilines is 1. The van der Waals surface area contributed by atoms with E-state index in [-0.39, 0.29) is 10.0 Å². The van der Waals surface area contributed by atoms with E-state index in [0.29, 0.717) is 12.3 Å². The van der Waals surface area contributed by atoms with Crippen molar-refractivity contribution in [1.82, 2.24) is 4.98 Å². The van der Waals surface area contributed by atoms with Crippen molar-refractivity contribution in [3.63, 3.8) is 0 Å². The highest BCUT2D eigenvalue weighted by atomic mass is 32.2. The van der Waals surface area contributed by atoms with E-state index in [1.807, 2.05) is 0 Å². The van der Waals surface area contributed by atoms with Gasteiger partial charge in [0.25, 0.3) is 5.12 Å². The maximum Gasteiger partial charge on any atom is 0.347 e. The number of carboxylic acid groups (broad SMARTS) is 1. The van der Waals surface area contributed by atoms with Gasteiger partial charge in [0.2, 0.25) is 0 Å². The SMILES string of the molecule is O=C1SCCN(c2ncc(C(=O)O)s2)C1=O. The van der Waals surface area contributed by atoms with Crippen LogP contribution in [0, 0.1) is 0 Å². The highest BCUT2D eigenvalue weighted by molar-refractivity contribution is 8.15. The van der Waals surface area contributed by atoms with Crippen LogP contribution >= 0.6 is 23.1 Å².